The molecule has 24 heavy (non-hydrogen) atoms. The van der Waals surface area contributed by atoms with E-state index in [0.717, 1.165) is 12.8 Å². The van der Waals surface area contributed by atoms with Gasteiger partial charge in [-0.2, -0.15) is 5.10 Å². The summed E-state index contributed by atoms with van der Waals surface area (Å²) in [5.41, 5.74) is 6.96. The van der Waals surface area contributed by atoms with Crippen molar-refractivity contribution in [1.29, 1.82) is 0 Å². The van der Waals surface area contributed by atoms with Crippen LogP contribution in [0.4, 0.5) is 10.6 Å². The summed E-state index contributed by atoms with van der Waals surface area (Å²) < 4.78 is 11.4. The lowest BCUT2D eigenvalue weighted by atomic mass is 10.1. The first kappa shape index (κ1) is 15.9. The molecule has 0 aromatic carbocycles. The molecule has 0 spiro atoms. The van der Waals surface area contributed by atoms with E-state index in [4.69, 9.17) is 20.3 Å². The lowest BCUT2D eigenvalue weighted by molar-refractivity contribution is 0.185. The van der Waals surface area contributed by atoms with Crippen molar-refractivity contribution in [2.45, 2.75) is 31.4 Å². The van der Waals surface area contributed by atoms with Crippen molar-refractivity contribution in [1.82, 2.24) is 20.5 Å². The molecule has 1 amide bonds. The van der Waals surface area contributed by atoms with E-state index in [0.29, 0.717) is 35.1 Å². The van der Waals surface area contributed by atoms with Gasteiger partial charge in [0.25, 0.3) is 0 Å². The molecule has 1 fully saturated rings. The number of nitrogens with zero attached hydrogens (tertiary/aromatic N) is 2. The van der Waals surface area contributed by atoms with Crippen molar-refractivity contribution in [3.63, 3.8) is 0 Å². The minimum atomic E-state index is -1.01. The Morgan fingerprint density at radius 3 is 3.00 bits per heavy atom. The smallest absolute Gasteiger partial charge is 0.404 e. The van der Waals surface area contributed by atoms with Crippen LogP contribution >= 0.6 is 0 Å². The number of hydrogen-bond donors (Lipinski definition) is 4. The Morgan fingerprint density at radius 2 is 2.33 bits per heavy atom. The maximum atomic E-state index is 10.7. The van der Waals surface area contributed by atoms with Crippen LogP contribution < -0.4 is 20.5 Å². The minimum absolute atomic E-state index is 0.0898. The van der Waals surface area contributed by atoms with E-state index in [1.54, 1.807) is 18.3 Å². The third-order valence-corrected chi connectivity index (χ3v) is 3.94. The van der Waals surface area contributed by atoms with Crippen molar-refractivity contribution >= 4 is 11.9 Å². The maximum Gasteiger partial charge on any atom is 0.404 e. The van der Waals surface area contributed by atoms with Gasteiger partial charge in [0, 0.05) is 24.7 Å². The van der Waals surface area contributed by atoms with Gasteiger partial charge in [0.2, 0.25) is 5.88 Å². The second-order valence-corrected chi connectivity index (χ2v) is 5.60. The lowest BCUT2D eigenvalue weighted by Gasteiger charge is -2.17. The van der Waals surface area contributed by atoms with E-state index in [9.17, 15) is 4.79 Å². The molecule has 2 heterocycles. The van der Waals surface area contributed by atoms with Gasteiger partial charge in [-0.1, -0.05) is 0 Å². The van der Waals surface area contributed by atoms with Crippen LogP contribution in [0.5, 0.6) is 11.6 Å². The first-order chi connectivity index (χ1) is 11.6. The summed E-state index contributed by atoms with van der Waals surface area (Å²) in [7, 11) is 1.53. The molecule has 9 nitrogen and oxygen atoms in total. The number of nitrogens with one attached hydrogen (secondary N) is 2. The van der Waals surface area contributed by atoms with Crippen molar-refractivity contribution in [3.05, 3.63) is 18.3 Å². The number of H-pyrrole nitrogens is 1. The highest BCUT2D eigenvalue weighted by atomic mass is 16.5. The summed E-state index contributed by atoms with van der Waals surface area (Å²) in [5.74, 6) is 1.34. The van der Waals surface area contributed by atoms with Crippen LogP contribution in [0, 0.1) is 0 Å². The summed E-state index contributed by atoms with van der Waals surface area (Å²) in [6.07, 6.45) is 2.61. The summed E-state index contributed by atoms with van der Waals surface area (Å²) in [6.45, 7) is 0. The van der Waals surface area contributed by atoms with Crippen LogP contribution in [0.25, 0.3) is 11.3 Å². The van der Waals surface area contributed by atoms with Crippen LogP contribution in [0.15, 0.2) is 18.3 Å². The van der Waals surface area contributed by atoms with Crippen LogP contribution in [0.3, 0.4) is 0 Å². The summed E-state index contributed by atoms with van der Waals surface area (Å²) in [6, 6.07) is 3.32. The summed E-state index contributed by atoms with van der Waals surface area (Å²) in [4.78, 5) is 14.9. The van der Waals surface area contributed by atoms with E-state index in [-0.39, 0.29) is 12.1 Å². The zero-order chi connectivity index (χ0) is 17.1. The number of carboxylic acid groups (broad SMARTS) is 1. The third kappa shape index (κ3) is 3.34. The predicted molar refractivity (Wildman–Crippen MR) is 86.0 cm³/mol. The molecule has 5 N–H and O–H groups in total. The number of pyridine rings is 1. The number of aromatic nitrogens is 3. The molecule has 0 aliphatic heterocycles. The Balaban J connectivity index is 1.82. The Labute approximate surface area is 138 Å². The molecular weight excluding hydrogens is 314 g/mol. The van der Waals surface area contributed by atoms with Gasteiger partial charge < -0.3 is 25.6 Å². The fourth-order valence-electron chi connectivity index (χ4n) is 2.92. The first-order valence-corrected chi connectivity index (χ1v) is 7.57. The van der Waals surface area contributed by atoms with Gasteiger partial charge in [0.15, 0.2) is 0 Å². The van der Waals surface area contributed by atoms with Crippen molar-refractivity contribution in [2.24, 2.45) is 0 Å². The lowest BCUT2D eigenvalue weighted by Crippen LogP contribution is -2.32. The Kier molecular flexibility index (Phi) is 4.41. The predicted octanol–water partition coefficient (Wildman–Crippen LogP) is 1.63. The Morgan fingerprint density at radius 1 is 1.50 bits per heavy atom. The standard InChI is InChI=1S/C15H19N5O4/c1-23-14-13(10-7-12(16)20-19-10)11(4-5-17-14)24-9-3-2-8(6-9)18-15(21)22/h4-5,7-9,18H,2-3,6H2,1H3,(H,21,22)(H3,16,19,20)/t8-,9+/m0/s1. The van der Waals surface area contributed by atoms with E-state index >= 15 is 0 Å². The third-order valence-electron chi connectivity index (χ3n) is 3.94. The summed E-state index contributed by atoms with van der Waals surface area (Å²) in [5, 5.41) is 18.1. The SMILES string of the molecule is COc1nccc(O[C@@H]2CC[C@H](NC(=O)O)C2)c1-c1cc(N)n[nH]1. The van der Waals surface area contributed by atoms with Gasteiger partial charge in [-0.05, 0) is 18.9 Å². The van der Waals surface area contributed by atoms with Gasteiger partial charge in [0.1, 0.15) is 23.2 Å². The molecule has 0 unspecified atom stereocenters. The second-order valence-electron chi connectivity index (χ2n) is 5.60. The highest BCUT2D eigenvalue weighted by Crippen LogP contribution is 2.38. The number of aromatic amines is 1. The number of rotatable bonds is 5. The minimum Gasteiger partial charge on any atom is -0.489 e. The highest BCUT2D eigenvalue weighted by Gasteiger charge is 2.28. The topological polar surface area (TPSA) is 135 Å². The van der Waals surface area contributed by atoms with Gasteiger partial charge in [-0.15, -0.1) is 0 Å². The quantitative estimate of drug-likeness (QED) is 0.653. The number of hydrogen-bond acceptors (Lipinski definition) is 6. The monoisotopic (exact) mass is 333 g/mol. The molecule has 128 valence electrons. The molecule has 2 aromatic heterocycles. The molecular formula is C15H19N5O4. The number of methoxy groups -OCH3 is 1. The van der Waals surface area contributed by atoms with E-state index in [2.05, 4.69) is 20.5 Å². The van der Waals surface area contributed by atoms with E-state index in [1.165, 1.54) is 7.11 Å². The zero-order valence-electron chi connectivity index (χ0n) is 13.2. The van der Waals surface area contributed by atoms with Crippen LogP contribution in [-0.2, 0) is 0 Å². The van der Waals surface area contributed by atoms with Crippen LogP contribution in [0.2, 0.25) is 0 Å². The molecule has 0 radical (unpaired) electrons. The van der Waals surface area contributed by atoms with Crippen molar-refractivity contribution in [3.8, 4) is 22.9 Å². The molecule has 1 saturated carbocycles. The van der Waals surface area contributed by atoms with Crippen molar-refractivity contribution < 1.29 is 19.4 Å². The number of anilines is 1. The largest absolute Gasteiger partial charge is 0.489 e. The molecule has 9 heteroatoms. The highest BCUT2D eigenvalue weighted by molar-refractivity contribution is 5.73. The molecule has 2 aromatic rings. The van der Waals surface area contributed by atoms with Crippen LogP contribution in [0.1, 0.15) is 19.3 Å². The molecule has 2 atom stereocenters. The number of nitrogen functional groups attached to an aromatic ring is 1. The average Bonchev–Trinajstić information content (AvgIpc) is 3.15. The van der Waals surface area contributed by atoms with Gasteiger partial charge in [-0.3, -0.25) is 5.10 Å². The molecule has 0 saturated heterocycles. The Hall–Kier alpha value is -2.97. The summed E-state index contributed by atoms with van der Waals surface area (Å²) >= 11 is 0. The second kappa shape index (κ2) is 6.65. The number of amides is 1. The van der Waals surface area contributed by atoms with Gasteiger partial charge in [-0.25, -0.2) is 9.78 Å². The average molecular weight is 333 g/mol. The maximum absolute atomic E-state index is 10.7. The number of ether oxygens (including phenoxy) is 2. The van der Waals surface area contributed by atoms with Gasteiger partial charge in [0.05, 0.1) is 12.8 Å². The van der Waals surface area contributed by atoms with Crippen molar-refractivity contribution in [2.75, 3.05) is 12.8 Å². The molecule has 0 bridgehead atoms. The molecule has 1 aliphatic carbocycles. The number of nitrogens with two attached hydrogens (primary N) is 1. The fourth-order valence-corrected chi connectivity index (χ4v) is 2.92. The Bertz CT molecular complexity index is 732. The number of carbonyl (C=O) groups is 1. The van der Waals surface area contributed by atoms with Gasteiger partial charge >= 0.3 is 6.09 Å². The fraction of sp³-hybridized carbons (Fsp3) is 0.400. The zero-order valence-corrected chi connectivity index (χ0v) is 13.2. The van der Waals surface area contributed by atoms with Crippen LogP contribution in [-0.4, -0.2) is 45.6 Å². The first-order valence-electron chi connectivity index (χ1n) is 7.57. The van der Waals surface area contributed by atoms with E-state index < -0.39 is 6.09 Å². The molecule has 3 rings (SSSR count). The molecule has 1 aliphatic rings. The van der Waals surface area contributed by atoms with E-state index in [1.807, 2.05) is 0 Å². The normalized spacial score (nSPS) is 19.9.